The number of alkyl halides is 3. The molecule has 0 radical (unpaired) electrons. The van der Waals surface area contributed by atoms with Crippen LogP contribution in [0.25, 0.3) is 0 Å². The summed E-state index contributed by atoms with van der Waals surface area (Å²) in [4.78, 5) is 14.8. The number of ether oxygens (including phenoxy) is 1. The number of hydrogen-bond donors (Lipinski definition) is 0. The summed E-state index contributed by atoms with van der Waals surface area (Å²) in [7, 11) is 1.60. The van der Waals surface area contributed by atoms with E-state index in [1.54, 1.807) is 12.0 Å². The van der Waals surface area contributed by atoms with Crippen LogP contribution in [0.5, 0.6) is 5.75 Å². The smallest absolute Gasteiger partial charge is 0.435 e. The highest BCUT2D eigenvalue weighted by Gasteiger charge is 2.40. The summed E-state index contributed by atoms with van der Waals surface area (Å²) < 4.78 is 46.7. The molecule has 2 aromatic rings. The highest BCUT2D eigenvalue weighted by atomic mass is 19.4. The maximum atomic E-state index is 13.4. The number of carbonyl (C=O) groups is 1. The number of nitrogens with zero attached hydrogens (tertiary/aromatic N) is 3. The van der Waals surface area contributed by atoms with Gasteiger partial charge in [-0.05, 0) is 56.2 Å². The Morgan fingerprint density at radius 3 is 2.59 bits per heavy atom. The first-order chi connectivity index (χ1) is 13.9. The second-order valence-corrected chi connectivity index (χ2v) is 7.65. The van der Waals surface area contributed by atoms with Crippen molar-refractivity contribution in [2.24, 2.45) is 0 Å². The molecule has 1 aromatic carbocycles. The molecule has 1 amide bonds. The molecule has 0 bridgehead atoms. The predicted molar refractivity (Wildman–Crippen MR) is 101 cm³/mol. The molecule has 1 atom stereocenters. The van der Waals surface area contributed by atoms with Gasteiger partial charge < -0.3 is 9.64 Å². The highest BCUT2D eigenvalue weighted by molar-refractivity contribution is 5.77. The molecule has 156 valence electrons. The van der Waals surface area contributed by atoms with Crippen LogP contribution in [0.15, 0.2) is 24.3 Å². The van der Waals surface area contributed by atoms with Crippen LogP contribution in [0.1, 0.15) is 54.2 Å². The number of carbonyl (C=O) groups excluding carboxylic acids is 1. The Morgan fingerprint density at radius 2 is 1.90 bits per heavy atom. The fourth-order valence-electron chi connectivity index (χ4n) is 4.49. The Kier molecular flexibility index (Phi) is 5.27. The molecule has 0 spiro atoms. The minimum atomic E-state index is -4.49. The zero-order chi connectivity index (χ0) is 20.6. The van der Waals surface area contributed by atoms with Crippen molar-refractivity contribution in [3.63, 3.8) is 0 Å². The lowest BCUT2D eigenvalue weighted by Crippen LogP contribution is -2.34. The molecule has 0 N–H and O–H groups in total. The average Bonchev–Trinajstić information content (AvgIpc) is 3.33. The third-order valence-electron chi connectivity index (χ3n) is 5.88. The van der Waals surface area contributed by atoms with Crippen molar-refractivity contribution in [2.45, 2.75) is 57.3 Å². The molecule has 1 saturated heterocycles. The standard InChI is InChI=1S/C21H24F3N3O2/c1-29-15-10-8-14(9-11-15)17-7-4-12-26(17)19(28)13-27-18-6-3-2-5-16(18)20(25-27)21(22,23)24/h8-11,17H,2-7,12-13H2,1H3/t17-/m0/s1. The van der Waals surface area contributed by atoms with Crippen molar-refractivity contribution in [3.05, 3.63) is 46.8 Å². The summed E-state index contributed by atoms with van der Waals surface area (Å²) in [5.74, 6) is 0.556. The van der Waals surface area contributed by atoms with Crippen molar-refractivity contribution in [2.75, 3.05) is 13.7 Å². The molecule has 0 unspecified atom stereocenters. The highest BCUT2D eigenvalue weighted by Crippen LogP contribution is 2.37. The van der Waals surface area contributed by atoms with Crippen molar-refractivity contribution in [1.82, 2.24) is 14.7 Å². The van der Waals surface area contributed by atoms with E-state index in [9.17, 15) is 18.0 Å². The number of benzene rings is 1. The molecule has 2 aliphatic rings. The normalized spacial score (nSPS) is 19.3. The Hall–Kier alpha value is -2.51. The molecular formula is C21H24F3N3O2. The van der Waals surface area contributed by atoms with Crippen LogP contribution in [0.2, 0.25) is 0 Å². The van der Waals surface area contributed by atoms with Gasteiger partial charge >= 0.3 is 6.18 Å². The van der Waals surface area contributed by atoms with Gasteiger partial charge in [0, 0.05) is 17.8 Å². The van der Waals surface area contributed by atoms with E-state index in [-0.39, 0.29) is 24.1 Å². The molecule has 8 heteroatoms. The van der Waals surface area contributed by atoms with Crippen LogP contribution in [0.3, 0.4) is 0 Å². The lowest BCUT2D eigenvalue weighted by atomic mass is 9.95. The molecule has 1 aliphatic carbocycles. The lowest BCUT2D eigenvalue weighted by Gasteiger charge is -2.26. The summed E-state index contributed by atoms with van der Waals surface area (Å²) in [5, 5.41) is 3.82. The summed E-state index contributed by atoms with van der Waals surface area (Å²) in [5.41, 5.74) is 1.02. The fraction of sp³-hybridized carbons (Fsp3) is 0.524. The lowest BCUT2D eigenvalue weighted by molar-refractivity contribution is -0.142. The monoisotopic (exact) mass is 407 g/mol. The Morgan fingerprint density at radius 1 is 1.17 bits per heavy atom. The van der Waals surface area contributed by atoms with Crippen LogP contribution >= 0.6 is 0 Å². The third-order valence-corrected chi connectivity index (χ3v) is 5.88. The van der Waals surface area contributed by atoms with E-state index < -0.39 is 11.9 Å². The third kappa shape index (κ3) is 3.84. The van der Waals surface area contributed by atoms with E-state index in [1.807, 2.05) is 24.3 Å². The van der Waals surface area contributed by atoms with Crippen molar-refractivity contribution >= 4 is 5.91 Å². The van der Waals surface area contributed by atoms with E-state index in [0.717, 1.165) is 37.0 Å². The average molecular weight is 407 g/mol. The van der Waals surface area contributed by atoms with Crippen LogP contribution in [-0.4, -0.2) is 34.2 Å². The first kappa shape index (κ1) is 19.8. The van der Waals surface area contributed by atoms with Gasteiger partial charge in [0.25, 0.3) is 0 Å². The molecule has 29 heavy (non-hydrogen) atoms. The van der Waals surface area contributed by atoms with Crippen LogP contribution in [0.4, 0.5) is 13.2 Å². The van der Waals surface area contributed by atoms with E-state index in [4.69, 9.17) is 4.74 Å². The maximum Gasteiger partial charge on any atom is 0.435 e. The molecule has 4 rings (SSSR count). The Labute approximate surface area is 167 Å². The van der Waals surface area contributed by atoms with Crippen LogP contribution < -0.4 is 4.74 Å². The number of methoxy groups -OCH3 is 1. The van der Waals surface area contributed by atoms with Gasteiger partial charge in [-0.15, -0.1) is 0 Å². The van der Waals surface area contributed by atoms with Gasteiger partial charge in [-0.2, -0.15) is 18.3 Å². The van der Waals surface area contributed by atoms with Crippen molar-refractivity contribution < 1.29 is 22.7 Å². The van der Waals surface area contributed by atoms with Crippen molar-refractivity contribution in [3.8, 4) is 5.75 Å². The first-order valence-electron chi connectivity index (χ1n) is 9.97. The largest absolute Gasteiger partial charge is 0.497 e. The number of aromatic nitrogens is 2. The second kappa shape index (κ2) is 7.72. The van der Waals surface area contributed by atoms with Gasteiger partial charge in [0.2, 0.25) is 5.91 Å². The number of halogens is 3. The summed E-state index contributed by atoms with van der Waals surface area (Å²) >= 11 is 0. The Balaban J connectivity index is 1.56. The summed E-state index contributed by atoms with van der Waals surface area (Å²) in [6.45, 7) is 0.455. The molecular weight excluding hydrogens is 383 g/mol. The van der Waals surface area contributed by atoms with Gasteiger partial charge in [-0.3, -0.25) is 9.48 Å². The summed E-state index contributed by atoms with van der Waals surface area (Å²) in [6, 6.07) is 7.52. The molecule has 5 nitrogen and oxygen atoms in total. The molecule has 0 saturated carbocycles. The van der Waals surface area contributed by atoms with Crippen LogP contribution in [0, 0.1) is 0 Å². The van der Waals surface area contributed by atoms with Gasteiger partial charge in [0.1, 0.15) is 12.3 Å². The minimum Gasteiger partial charge on any atom is -0.497 e. The maximum absolute atomic E-state index is 13.4. The van der Waals surface area contributed by atoms with E-state index in [2.05, 4.69) is 5.10 Å². The second-order valence-electron chi connectivity index (χ2n) is 7.65. The molecule has 1 fully saturated rings. The topological polar surface area (TPSA) is 47.4 Å². The number of likely N-dealkylation sites (tertiary alicyclic amines) is 1. The SMILES string of the molecule is COc1ccc([C@@H]2CCCN2C(=O)Cn2nc(C(F)(F)F)c3c2CCCC3)cc1. The quantitative estimate of drug-likeness (QED) is 0.765. The number of fused-ring (bicyclic) bond motifs is 1. The molecule has 1 aromatic heterocycles. The number of hydrogen-bond acceptors (Lipinski definition) is 3. The van der Waals surface area contributed by atoms with E-state index >= 15 is 0 Å². The minimum absolute atomic E-state index is 0.0677. The van der Waals surface area contributed by atoms with Gasteiger partial charge in [-0.1, -0.05) is 12.1 Å². The first-order valence-corrected chi connectivity index (χ1v) is 9.97. The van der Waals surface area contributed by atoms with Gasteiger partial charge in [-0.25, -0.2) is 0 Å². The predicted octanol–water partition coefficient (Wildman–Crippen LogP) is 4.15. The Bertz CT molecular complexity index is 890. The fourth-order valence-corrected chi connectivity index (χ4v) is 4.49. The van der Waals surface area contributed by atoms with Crippen molar-refractivity contribution in [1.29, 1.82) is 0 Å². The van der Waals surface area contributed by atoms with E-state index in [0.29, 0.717) is 25.1 Å². The zero-order valence-electron chi connectivity index (χ0n) is 16.3. The van der Waals surface area contributed by atoms with Crippen LogP contribution in [-0.2, 0) is 30.4 Å². The summed E-state index contributed by atoms with van der Waals surface area (Å²) in [6.07, 6.45) is -0.334. The number of amides is 1. The zero-order valence-corrected chi connectivity index (χ0v) is 16.3. The molecule has 2 heterocycles. The van der Waals surface area contributed by atoms with E-state index in [1.165, 1.54) is 4.68 Å². The molecule has 1 aliphatic heterocycles. The van der Waals surface area contributed by atoms with Gasteiger partial charge in [0.15, 0.2) is 5.69 Å². The number of rotatable bonds is 4. The van der Waals surface area contributed by atoms with Gasteiger partial charge in [0.05, 0.1) is 13.2 Å².